The summed E-state index contributed by atoms with van der Waals surface area (Å²) in [4.78, 5) is 8.29. The summed E-state index contributed by atoms with van der Waals surface area (Å²) in [6, 6.07) is 1.61. The maximum atomic E-state index is 6.01. The van der Waals surface area contributed by atoms with Crippen molar-refractivity contribution < 1.29 is 14.2 Å². The molecule has 1 aromatic heterocycles. The van der Waals surface area contributed by atoms with Gasteiger partial charge in [0, 0.05) is 13.7 Å². The molecule has 1 N–H and O–H groups in total. The van der Waals surface area contributed by atoms with Crippen LogP contribution in [0.1, 0.15) is 6.42 Å². The van der Waals surface area contributed by atoms with E-state index in [1.807, 2.05) is 0 Å². The lowest BCUT2D eigenvalue weighted by Gasteiger charge is -2.10. The van der Waals surface area contributed by atoms with Crippen LogP contribution in [0.5, 0.6) is 11.8 Å². The number of hydrogen-bond acceptors (Lipinski definition) is 6. The number of ether oxygens (including phenoxy) is 3. The molecule has 7 heteroatoms. The Kier molecular flexibility index (Phi) is 6.53. The van der Waals surface area contributed by atoms with Crippen LogP contribution in [0.2, 0.25) is 0 Å². The molecule has 1 unspecified atom stereocenters. The van der Waals surface area contributed by atoms with Crippen molar-refractivity contribution in [3.8, 4) is 11.8 Å². The Morgan fingerprint density at radius 3 is 2.33 bits per heavy atom. The number of aromatic nitrogens is 2. The predicted octanol–water partition coefficient (Wildman–Crippen LogP) is 1.55. The monoisotopic (exact) mass is 275 g/mol. The van der Waals surface area contributed by atoms with E-state index in [1.165, 1.54) is 0 Å². The molecule has 0 spiro atoms. The van der Waals surface area contributed by atoms with Gasteiger partial charge in [-0.05, 0) is 6.42 Å². The van der Waals surface area contributed by atoms with E-state index in [0.717, 1.165) is 6.42 Å². The molecule has 0 bridgehead atoms. The second kappa shape index (κ2) is 7.94. The first-order chi connectivity index (χ1) is 8.69. The molecule has 1 rings (SSSR count). The molecule has 0 aromatic carbocycles. The van der Waals surface area contributed by atoms with E-state index in [0.29, 0.717) is 30.9 Å². The van der Waals surface area contributed by atoms with E-state index >= 15 is 0 Å². The first-order valence-corrected chi connectivity index (χ1v) is 5.97. The lowest BCUT2D eigenvalue weighted by Crippen LogP contribution is -2.14. The summed E-state index contributed by atoms with van der Waals surface area (Å²) in [6.45, 7) is 1.17. The Morgan fingerprint density at radius 2 is 1.83 bits per heavy atom. The summed E-state index contributed by atoms with van der Waals surface area (Å²) in [5.74, 6) is 1.35. The molecule has 102 valence electrons. The van der Waals surface area contributed by atoms with Gasteiger partial charge in [0.25, 0.3) is 0 Å². The first-order valence-electron chi connectivity index (χ1n) is 5.53. The third kappa shape index (κ3) is 4.93. The van der Waals surface area contributed by atoms with Gasteiger partial charge in [0.2, 0.25) is 17.7 Å². The van der Waals surface area contributed by atoms with Gasteiger partial charge in [0.15, 0.2) is 0 Å². The van der Waals surface area contributed by atoms with E-state index in [1.54, 1.807) is 27.4 Å². The topological polar surface area (TPSA) is 65.5 Å². The van der Waals surface area contributed by atoms with Crippen LogP contribution in [0.15, 0.2) is 6.07 Å². The minimum absolute atomic E-state index is 0.0324. The molecule has 0 radical (unpaired) electrons. The molecule has 0 amide bonds. The SMILES string of the molecule is COCC(Cl)CCNc1nc(OC)cc(OC)n1. The van der Waals surface area contributed by atoms with Crippen LogP contribution in [0.25, 0.3) is 0 Å². The van der Waals surface area contributed by atoms with Crippen molar-refractivity contribution in [2.75, 3.05) is 39.8 Å². The van der Waals surface area contributed by atoms with Crippen molar-refractivity contribution in [2.45, 2.75) is 11.8 Å². The highest BCUT2D eigenvalue weighted by atomic mass is 35.5. The molecule has 1 atom stereocenters. The van der Waals surface area contributed by atoms with Crippen molar-refractivity contribution in [3.05, 3.63) is 6.07 Å². The van der Waals surface area contributed by atoms with Gasteiger partial charge in [-0.2, -0.15) is 9.97 Å². The zero-order valence-electron chi connectivity index (χ0n) is 10.8. The van der Waals surface area contributed by atoms with Crippen LogP contribution in [-0.4, -0.2) is 49.8 Å². The number of anilines is 1. The van der Waals surface area contributed by atoms with Crippen molar-refractivity contribution in [2.24, 2.45) is 0 Å². The Morgan fingerprint density at radius 1 is 1.22 bits per heavy atom. The minimum atomic E-state index is -0.0324. The number of methoxy groups -OCH3 is 3. The van der Waals surface area contributed by atoms with Crippen LogP contribution < -0.4 is 14.8 Å². The van der Waals surface area contributed by atoms with Gasteiger partial charge < -0.3 is 19.5 Å². The van der Waals surface area contributed by atoms with E-state index in [-0.39, 0.29) is 5.38 Å². The fourth-order valence-electron chi connectivity index (χ4n) is 1.30. The molecule has 0 aliphatic rings. The summed E-state index contributed by atoms with van der Waals surface area (Å²) in [5, 5.41) is 3.03. The van der Waals surface area contributed by atoms with Gasteiger partial charge in [-0.3, -0.25) is 0 Å². The van der Waals surface area contributed by atoms with Crippen LogP contribution >= 0.6 is 11.6 Å². The number of hydrogen-bond donors (Lipinski definition) is 1. The van der Waals surface area contributed by atoms with Gasteiger partial charge in [-0.15, -0.1) is 11.6 Å². The molecule has 1 aromatic rings. The Bertz CT molecular complexity index is 343. The Hall–Kier alpha value is -1.27. The quantitative estimate of drug-likeness (QED) is 0.726. The van der Waals surface area contributed by atoms with Gasteiger partial charge in [-0.25, -0.2) is 0 Å². The fraction of sp³-hybridized carbons (Fsp3) is 0.636. The molecule has 0 aliphatic carbocycles. The summed E-state index contributed by atoms with van der Waals surface area (Å²) in [7, 11) is 4.71. The smallest absolute Gasteiger partial charge is 0.229 e. The third-order valence-electron chi connectivity index (χ3n) is 2.19. The summed E-state index contributed by atoms with van der Waals surface area (Å²) >= 11 is 6.01. The number of alkyl halides is 1. The molecule has 0 saturated heterocycles. The van der Waals surface area contributed by atoms with Crippen LogP contribution in [0, 0.1) is 0 Å². The highest BCUT2D eigenvalue weighted by Crippen LogP contribution is 2.17. The van der Waals surface area contributed by atoms with Crippen LogP contribution in [0.4, 0.5) is 5.95 Å². The van der Waals surface area contributed by atoms with Crippen LogP contribution in [-0.2, 0) is 4.74 Å². The van der Waals surface area contributed by atoms with Crippen molar-refractivity contribution in [3.63, 3.8) is 0 Å². The highest BCUT2D eigenvalue weighted by molar-refractivity contribution is 6.20. The molecule has 0 aliphatic heterocycles. The zero-order chi connectivity index (χ0) is 13.4. The lowest BCUT2D eigenvalue weighted by atomic mass is 10.3. The highest BCUT2D eigenvalue weighted by Gasteiger charge is 2.07. The largest absolute Gasteiger partial charge is 0.481 e. The molecular formula is C11H18ClN3O3. The standard InChI is InChI=1S/C11H18ClN3O3/c1-16-7-8(12)4-5-13-11-14-9(17-2)6-10(15-11)18-3/h6,8H,4-5,7H2,1-3H3,(H,13,14,15). The molecule has 1 heterocycles. The average Bonchev–Trinajstić information content (AvgIpc) is 2.38. The first kappa shape index (κ1) is 14.8. The van der Waals surface area contributed by atoms with Crippen LogP contribution in [0.3, 0.4) is 0 Å². The molecule has 0 fully saturated rings. The van der Waals surface area contributed by atoms with Crippen molar-refractivity contribution in [1.29, 1.82) is 0 Å². The fourth-order valence-corrected chi connectivity index (χ4v) is 1.53. The van der Waals surface area contributed by atoms with Crippen molar-refractivity contribution >= 4 is 17.5 Å². The third-order valence-corrected chi connectivity index (χ3v) is 2.53. The normalized spacial score (nSPS) is 12.0. The maximum Gasteiger partial charge on any atom is 0.229 e. The van der Waals surface area contributed by atoms with Gasteiger partial charge >= 0.3 is 0 Å². The summed E-state index contributed by atoms with van der Waals surface area (Å²) in [5.41, 5.74) is 0. The predicted molar refractivity (Wildman–Crippen MR) is 69.8 cm³/mol. The second-order valence-electron chi connectivity index (χ2n) is 3.54. The van der Waals surface area contributed by atoms with E-state index < -0.39 is 0 Å². The van der Waals surface area contributed by atoms with Gasteiger partial charge in [-0.1, -0.05) is 0 Å². The number of halogens is 1. The molecule has 18 heavy (non-hydrogen) atoms. The Balaban J connectivity index is 2.50. The Labute approximate surface area is 112 Å². The van der Waals surface area contributed by atoms with E-state index in [9.17, 15) is 0 Å². The second-order valence-corrected chi connectivity index (χ2v) is 4.16. The van der Waals surface area contributed by atoms with E-state index in [4.69, 9.17) is 25.8 Å². The number of nitrogens with zero attached hydrogens (tertiary/aromatic N) is 2. The molecule has 0 saturated carbocycles. The van der Waals surface area contributed by atoms with Gasteiger partial charge in [0.1, 0.15) is 0 Å². The molecular weight excluding hydrogens is 258 g/mol. The molecule has 6 nitrogen and oxygen atoms in total. The number of rotatable bonds is 8. The number of nitrogens with one attached hydrogen (secondary N) is 1. The lowest BCUT2D eigenvalue weighted by molar-refractivity contribution is 0.196. The maximum absolute atomic E-state index is 6.01. The van der Waals surface area contributed by atoms with Crippen molar-refractivity contribution in [1.82, 2.24) is 9.97 Å². The average molecular weight is 276 g/mol. The summed E-state index contributed by atoms with van der Waals surface area (Å²) < 4.78 is 15.0. The van der Waals surface area contributed by atoms with E-state index in [2.05, 4.69) is 15.3 Å². The minimum Gasteiger partial charge on any atom is -0.481 e. The van der Waals surface area contributed by atoms with Gasteiger partial charge in [0.05, 0.1) is 32.3 Å². The summed E-state index contributed by atoms with van der Waals surface area (Å²) in [6.07, 6.45) is 0.748. The zero-order valence-corrected chi connectivity index (χ0v) is 11.5.